The molecule has 5 nitrogen and oxygen atoms in total. The molecule has 0 radical (unpaired) electrons. The summed E-state index contributed by atoms with van der Waals surface area (Å²) in [5.41, 5.74) is 1.42. The first kappa shape index (κ1) is 19.7. The summed E-state index contributed by atoms with van der Waals surface area (Å²) < 4.78 is 30.9. The molecule has 0 aliphatic heterocycles. The topological polar surface area (TPSA) is 63.7 Å². The molecule has 0 aliphatic carbocycles. The van der Waals surface area contributed by atoms with Crippen molar-refractivity contribution >= 4 is 39.2 Å². The summed E-state index contributed by atoms with van der Waals surface area (Å²) in [6, 6.07) is 11.3. The van der Waals surface area contributed by atoms with E-state index in [0.717, 1.165) is 9.87 Å². The van der Waals surface area contributed by atoms with Crippen molar-refractivity contribution in [2.45, 2.75) is 18.4 Å². The number of hydrogen-bond donors (Lipinski definition) is 0. The second-order valence-electron chi connectivity index (χ2n) is 5.44. The smallest absolute Gasteiger partial charge is 0.321 e. The predicted molar refractivity (Wildman–Crippen MR) is 97.3 cm³/mol. The van der Waals surface area contributed by atoms with E-state index in [1.807, 2.05) is 6.92 Å². The number of likely N-dealkylation sites (N-methyl/N-ethyl adjacent to an activating group) is 1. The fourth-order valence-corrected chi connectivity index (χ4v) is 3.65. The van der Waals surface area contributed by atoms with Crippen molar-refractivity contribution in [1.82, 2.24) is 4.31 Å². The molecule has 2 aromatic rings. The second kappa shape index (κ2) is 8.19. The first-order valence-electron chi connectivity index (χ1n) is 7.33. The van der Waals surface area contributed by atoms with E-state index >= 15 is 0 Å². The normalized spacial score (nSPS) is 11.6. The number of benzene rings is 2. The van der Waals surface area contributed by atoms with Gasteiger partial charge in [0.15, 0.2) is 0 Å². The number of carbonyl (C=O) groups excluding carboxylic acids is 1. The van der Waals surface area contributed by atoms with Crippen LogP contribution < -0.4 is 0 Å². The number of esters is 1. The third-order valence-corrected chi connectivity index (χ3v) is 6.05. The molecule has 0 atom stereocenters. The van der Waals surface area contributed by atoms with E-state index in [1.54, 1.807) is 30.3 Å². The van der Waals surface area contributed by atoms with E-state index in [0.29, 0.717) is 15.6 Å². The van der Waals surface area contributed by atoms with Gasteiger partial charge in [-0.2, -0.15) is 4.31 Å². The highest BCUT2D eigenvalue weighted by Gasteiger charge is 2.23. The lowest BCUT2D eigenvalue weighted by Gasteiger charge is -2.17. The summed E-state index contributed by atoms with van der Waals surface area (Å²) in [6.07, 6.45) is 0. The number of halogens is 2. The number of sulfonamides is 1. The van der Waals surface area contributed by atoms with E-state index in [4.69, 9.17) is 27.9 Å². The minimum absolute atomic E-state index is 0.113. The summed E-state index contributed by atoms with van der Waals surface area (Å²) in [7, 11) is -2.45. The van der Waals surface area contributed by atoms with Crippen LogP contribution in [-0.2, 0) is 26.2 Å². The average molecular weight is 402 g/mol. The Morgan fingerprint density at radius 3 is 2.20 bits per heavy atom. The summed E-state index contributed by atoms with van der Waals surface area (Å²) in [5.74, 6) is -0.700. The van der Waals surface area contributed by atoms with Gasteiger partial charge in [-0.25, -0.2) is 8.42 Å². The fraction of sp³-hybridized carbons (Fsp3) is 0.235. The Balaban J connectivity index is 2.01. The monoisotopic (exact) mass is 401 g/mol. The molecule has 0 unspecified atom stereocenters. The highest BCUT2D eigenvalue weighted by atomic mass is 35.5. The lowest BCUT2D eigenvalue weighted by Crippen LogP contribution is -2.33. The maximum atomic E-state index is 12.4. The van der Waals surface area contributed by atoms with Crippen molar-refractivity contribution in [3.05, 3.63) is 63.6 Å². The van der Waals surface area contributed by atoms with Gasteiger partial charge >= 0.3 is 5.97 Å². The standard InChI is InChI=1S/C17H17Cl2NO4S/c1-12-6-8-13(9-7-12)25(22,23)20(2)10-17(21)24-11-14-15(18)4-3-5-16(14)19/h3-9H,10-11H2,1-2H3. The molecule has 25 heavy (non-hydrogen) atoms. The Labute approximate surface area is 157 Å². The maximum absolute atomic E-state index is 12.4. The Morgan fingerprint density at radius 1 is 1.08 bits per heavy atom. The first-order chi connectivity index (χ1) is 11.7. The lowest BCUT2D eigenvalue weighted by molar-refractivity contribution is -0.144. The summed E-state index contributed by atoms with van der Waals surface area (Å²) in [5, 5.41) is 0.752. The van der Waals surface area contributed by atoms with Crippen molar-refractivity contribution in [1.29, 1.82) is 0 Å². The molecule has 2 aromatic carbocycles. The minimum atomic E-state index is -3.77. The molecule has 134 valence electrons. The second-order valence-corrected chi connectivity index (χ2v) is 8.29. The van der Waals surface area contributed by atoms with Crippen LogP contribution in [0.1, 0.15) is 11.1 Å². The predicted octanol–water partition coefficient (Wildman–Crippen LogP) is 3.67. The zero-order valence-electron chi connectivity index (χ0n) is 13.7. The molecule has 8 heteroatoms. The van der Waals surface area contributed by atoms with Crippen LogP contribution in [0.5, 0.6) is 0 Å². The highest BCUT2D eigenvalue weighted by Crippen LogP contribution is 2.25. The molecule has 0 bridgehead atoms. The lowest BCUT2D eigenvalue weighted by atomic mass is 10.2. The van der Waals surface area contributed by atoms with Gasteiger partial charge in [-0.05, 0) is 31.2 Å². The van der Waals surface area contributed by atoms with Crippen molar-refractivity contribution in [3.63, 3.8) is 0 Å². The summed E-state index contributed by atoms with van der Waals surface area (Å²) >= 11 is 12.0. The number of carbonyl (C=O) groups is 1. The quantitative estimate of drug-likeness (QED) is 0.692. The molecule has 0 saturated heterocycles. The Kier molecular flexibility index (Phi) is 6.46. The molecule has 0 spiro atoms. The highest BCUT2D eigenvalue weighted by molar-refractivity contribution is 7.89. The van der Waals surface area contributed by atoms with Gasteiger partial charge in [0.25, 0.3) is 0 Å². The molecule has 2 rings (SSSR count). The van der Waals surface area contributed by atoms with Crippen LogP contribution in [0, 0.1) is 6.92 Å². The van der Waals surface area contributed by atoms with E-state index in [2.05, 4.69) is 0 Å². The molecule has 0 aliphatic rings. The number of rotatable bonds is 6. The average Bonchev–Trinajstić information content (AvgIpc) is 2.54. The number of hydrogen-bond acceptors (Lipinski definition) is 4. The maximum Gasteiger partial charge on any atom is 0.321 e. The van der Waals surface area contributed by atoms with Crippen LogP contribution in [0.3, 0.4) is 0 Å². The molecule has 0 amide bonds. The first-order valence-corrected chi connectivity index (χ1v) is 9.53. The molecular weight excluding hydrogens is 385 g/mol. The van der Waals surface area contributed by atoms with E-state index < -0.39 is 22.5 Å². The Bertz CT molecular complexity index is 846. The van der Waals surface area contributed by atoms with Gasteiger partial charge in [0, 0.05) is 22.7 Å². The molecule has 0 heterocycles. The zero-order valence-corrected chi connectivity index (χ0v) is 16.0. The Hall–Kier alpha value is -1.60. The molecule has 0 saturated carbocycles. The van der Waals surface area contributed by atoms with Crippen molar-refractivity contribution < 1.29 is 17.9 Å². The minimum Gasteiger partial charge on any atom is -0.460 e. The molecule has 0 N–H and O–H groups in total. The van der Waals surface area contributed by atoms with Gasteiger partial charge in [-0.3, -0.25) is 4.79 Å². The van der Waals surface area contributed by atoms with E-state index in [-0.39, 0.29) is 11.5 Å². The molecular formula is C17H17Cl2NO4S. The van der Waals surface area contributed by atoms with E-state index in [1.165, 1.54) is 19.2 Å². The summed E-state index contributed by atoms with van der Waals surface area (Å²) in [6.45, 7) is 1.31. The van der Waals surface area contributed by atoms with Gasteiger partial charge in [0.2, 0.25) is 10.0 Å². The third-order valence-electron chi connectivity index (χ3n) is 3.52. The van der Waals surface area contributed by atoms with Gasteiger partial charge < -0.3 is 4.74 Å². The number of nitrogens with zero attached hydrogens (tertiary/aromatic N) is 1. The summed E-state index contributed by atoms with van der Waals surface area (Å²) in [4.78, 5) is 12.1. The fourth-order valence-electron chi connectivity index (χ4n) is 2.03. The van der Waals surface area contributed by atoms with Crippen molar-refractivity contribution in [2.75, 3.05) is 13.6 Å². The van der Waals surface area contributed by atoms with Crippen LogP contribution in [0.25, 0.3) is 0 Å². The van der Waals surface area contributed by atoms with Crippen molar-refractivity contribution in [3.8, 4) is 0 Å². The van der Waals surface area contributed by atoms with Crippen LogP contribution in [0.2, 0.25) is 10.0 Å². The largest absolute Gasteiger partial charge is 0.460 e. The van der Waals surface area contributed by atoms with Gasteiger partial charge in [0.1, 0.15) is 13.2 Å². The van der Waals surface area contributed by atoms with Crippen LogP contribution in [-0.4, -0.2) is 32.3 Å². The van der Waals surface area contributed by atoms with Gasteiger partial charge in [-0.15, -0.1) is 0 Å². The number of ether oxygens (including phenoxy) is 1. The van der Waals surface area contributed by atoms with E-state index in [9.17, 15) is 13.2 Å². The molecule has 0 aromatic heterocycles. The third kappa shape index (κ3) is 4.95. The van der Waals surface area contributed by atoms with Gasteiger partial charge in [0.05, 0.1) is 4.90 Å². The van der Waals surface area contributed by atoms with Crippen LogP contribution >= 0.6 is 23.2 Å². The SMILES string of the molecule is Cc1ccc(S(=O)(=O)N(C)CC(=O)OCc2c(Cl)cccc2Cl)cc1. The van der Waals surface area contributed by atoms with Crippen molar-refractivity contribution in [2.24, 2.45) is 0 Å². The molecule has 0 fully saturated rings. The zero-order chi connectivity index (χ0) is 18.6. The van der Waals surface area contributed by atoms with Crippen LogP contribution in [0.15, 0.2) is 47.4 Å². The van der Waals surface area contributed by atoms with Gasteiger partial charge in [-0.1, -0.05) is 47.0 Å². The Morgan fingerprint density at radius 2 is 1.64 bits per heavy atom. The van der Waals surface area contributed by atoms with Crippen LogP contribution in [0.4, 0.5) is 0 Å². The number of aryl methyl sites for hydroxylation is 1.